The minimum Gasteiger partial charge on any atom is -0.294 e. The minimum atomic E-state index is 0.365. The molecule has 2 aliphatic rings. The second-order valence-electron chi connectivity index (χ2n) is 6.27. The Morgan fingerprint density at radius 2 is 1.61 bits per heavy atom. The lowest BCUT2D eigenvalue weighted by atomic mass is 9.72. The highest BCUT2D eigenvalue weighted by Gasteiger charge is 2.41. The first-order chi connectivity index (χ1) is 8.81. The maximum Gasteiger partial charge on any atom is 0.0460 e. The molecule has 0 radical (unpaired) electrons. The molecule has 1 heteroatoms. The van der Waals surface area contributed by atoms with E-state index in [2.05, 4.69) is 42.2 Å². The molecule has 18 heavy (non-hydrogen) atoms. The van der Waals surface area contributed by atoms with Crippen molar-refractivity contribution in [2.24, 2.45) is 5.92 Å². The normalized spacial score (nSPS) is 33.7. The highest BCUT2D eigenvalue weighted by Crippen LogP contribution is 2.45. The van der Waals surface area contributed by atoms with Crippen LogP contribution in [0.2, 0.25) is 0 Å². The number of benzene rings is 1. The van der Waals surface area contributed by atoms with E-state index < -0.39 is 0 Å². The van der Waals surface area contributed by atoms with Crippen molar-refractivity contribution in [2.45, 2.75) is 51.0 Å². The molecule has 0 atom stereocenters. The van der Waals surface area contributed by atoms with Crippen LogP contribution in [0, 0.1) is 5.92 Å². The largest absolute Gasteiger partial charge is 0.294 e. The molecule has 2 fully saturated rings. The van der Waals surface area contributed by atoms with Gasteiger partial charge in [0.05, 0.1) is 0 Å². The summed E-state index contributed by atoms with van der Waals surface area (Å²) in [6.45, 7) is 5.03. The van der Waals surface area contributed by atoms with Crippen LogP contribution < -0.4 is 0 Å². The molecule has 1 aromatic carbocycles. The Morgan fingerprint density at radius 3 is 2.22 bits per heavy atom. The van der Waals surface area contributed by atoms with E-state index in [4.69, 9.17) is 0 Å². The first kappa shape index (κ1) is 12.2. The van der Waals surface area contributed by atoms with Gasteiger partial charge in [0.15, 0.2) is 0 Å². The fraction of sp³-hybridized carbons (Fsp3) is 0.647. The van der Waals surface area contributed by atoms with Crippen molar-refractivity contribution in [2.75, 3.05) is 13.1 Å². The summed E-state index contributed by atoms with van der Waals surface area (Å²) in [5, 5.41) is 0. The molecule has 1 nitrogen and oxygen atoms in total. The molecule has 0 aromatic heterocycles. The SMILES string of the molecule is CC1CCC(c2ccccc2)(N2CCCC2)CC1. The summed E-state index contributed by atoms with van der Waals surface area (Å²) in [6, 6.07) is 11.3. The molecule has 0 spiro atoms. The van der Waals surface area contributed by atoms with Gasteiger partial charge in [0, 0.05) is 5.54 Å². The topological polar surface area (TPSA) is 3.24 Å². The van der Waals surface area contributed by atoms with E-state index >= 15 is 0 Å². The Balaban J connectivity index is 1.92. The number of rotatable bonds is 2. The standard InChI is InChI=1S/C17H25N/c1-15-9-11-17(12-10-15,18-13-5-6-14-18)16-7-3-2-4-8-16/h2-4,7-8,15H,5-6,9-14H2,1H3. The lowest BCUT2D eigenvalue weighted by molar-refractivity contribution is 0.0558. The van der Waals surface area contributed by atoms with Crippen LogP contribution in [0.4, 0.5) is 0 Å². The predicted octanol–water partition coefficient (Wildman–Crippen LogP) is 4.19. The molecule has 0 unspecified atom stereocenters. The van der Waals surface area contributed by atoms with Crippen molar-refractivity contribution >= 4 is 0 Å². The Hall–Kier alpha value is -0.820. The summed E-state index contributed by atoms with van der Waals surface area (Å²) in [6.07, 6.45) is 8.29. The van der Waals surface area contributed by atoms with Gasteiger partial charge in [-0.15, -0.1) is 0 Å². The number of hydrogen-bond donors (Lipinski definition) is 0. The summed E-state index contributed by atoms with van der Waals surface area (Å²) in [4.78, 5) is 2.79. The van der Waals surface area contributed by atoms with Crippen LogP contribution in [-0.2, 0) is 5.54 Å². The Labute approximate surface area is 111 Å². The first-order valence-corrected chi connectivity index (χ1v) is 7.62. The van der Waals surface area contributed by atoms with Gasteiger partial charge in [-0.1, -0.05) is 37.3 Å². The van der Waals surface area contributed by atoms with Crippen molar-refractivity contribution in [1.29, 1.82) is 0 Å². The molecule has 1 heterocycles. The summed E-state index contributed by atoms with van der Waals surface area (Å²) >= 11 is 0. The van der Waals surface area contributed by atoms with Crippen LogP contribution in [0.15, 0.2) is 30.3 Å². The van der Waals surface area contributed by atoms with E-state index in [-0.39, 0.29) is 0 Å². The maximum atomic E-state index is 2.79. The summed E-state index contributed by atoms with van der Waals surface area (Å²) in [5.41, 5.74) is 1.93. The van der Waals surface area contributed by atoms with Crippen LogP contribution in [0.1, 0.15) is 51.0 Å². The minimum absolute atomic E-state index is 0.365. The molecule has 0 amide bonds. The molecule has 0 bridgehead atoms. The molecule has 1 saturated heterocycles. The number of nitrogens with zero attached hydrogens (tertiary/aromatic N) is 1. The predicted molar refractivity (Wildman–Crippen MR) is 76.6 cm³/mol. The van der Waals surface area contributed by atoms with Crippen LogP contribution >= 0.6 is 0 Å². The fourth-order valence-electron chi connectivity index (χ4n) is 3.92. The zero-order chi connectivity index (χ0) is 12.4. The highest BCUT2D eigenvalue weighted by molar-refractivity contribution is 5.26. The van der Waals surface area contributed by atoms with Crippen molar-refractivity contribution in [1.82, 2.24) is 4.90 Å². The zero-order valence-electron chi connectivity index (χ0n) is 11.6. The highest BCUT2D eigenvalue weighted by atomic mass is 15.2. The van der Waals surface area contributed by atoms with E-state index in [9.17, 15) is 0 Å². The molecule has 1 aliphatic heterocycles. The quantitative estimate of drug-likeness (QED) is 0.753. The zero-order valence-corrected chi connectivity index (χ0v) is 11.6. The van der Waals surface area contributed by atoms with Crippen molar-refractivity contribution in [3.8, 4) is 0 Å². The van der Waals surface area contributed by atoms with Gasteiger partial charge < -0.3 is 0 Å². The fourth-order valence-corrected chi connectivity index (χ4v) is 3.92. The molecule has 3 rings (SSSR count). The van der Waals surface area contributed by atoms with Gasteiger partial charge in [-0.2, -0.15) is 0 Å². The molecule has 1 aliphatic carbocycles. The lowest BCUT2D eigenvalue weighted by Crippen LogP contribution is -2.46. The van der Waals surface area contributed by atoms with E-state index in [1.807, 2.05) is 0 Å². The first-order valence-electron chi connectivity index (χ1n) is 7.62. The van der Waals surface area contributed by atoms with Crippen LogP contribution in [0.3, 0.4) is 0 Å². The summed E-state index contributed by atoms with van der Waals surface area (Å²) < 4.78 is 0. The number of likely N-dealkylation sites (tertiary alicyclic amines) is 1. The molecule has 0 N–H and O–H groups in total. The van der Waals surface area contributed by atoms with E-state index in [0.717, 1.165) is 5.92 Å². The van der Waals surface area contributed by atoms with Crippen molar-refractivity contribution in [3.05, 3.63) is 35.9 Å². The molecular formula is C17H25N. The van der Waals surface area contributed by atoms with Crippen LogP contribution in [0.25, 0.3) is 0 Å². The van der Waals surface area contributed by atoms with Crippen molar-refractivity contribution in [3.63, 3.8) is 0 Å². The van der Waals surface area contributed by atoms with Gasteiger partial charge in [0.2, 0.25) is 0 Å². The molecular weight excluding hydrogens is 218 g/mol. The Kier molecular flexibility index (Phi) is 3.43. The Bertz CT molecular complexity index is 370. The van der Waals surface area contributed by atoms with Crippen LogP contribution in [0.5, 0.6) is 0 Å². The monoisotopic (exact) mass is 243 g/mol. The molecule has 1 saturated carbocycles. The number of hydrogen-bond acceptors (Lipinski definition) is 1. The molecule has 98 valence electrons. The summed E-state index contributed by atoms with van der Waals surface area (Å²) in [7, 11) is 0. The third-order valence-corrected chi connectivity index (χ3v) is 5.12. The smallest absolute Gasteiger partial charge is 0.0460 e. The second-order valence-corrected chi connectivity index (χ2v) is 6.27. The Morgan fingerprint density at radius 1 is 1.00 bits per heavy atom. The van der Waals surface area contributed by atoms with Crippen molar-refractivity contribution < 1.29 is 0 Å². The second kappa shape index (κ2) is 5.05. The average molecular weight is 243 g/mol. The third kappa shape index (κ3) is 2.09. The van der Waals surface area contributed by atoms with Gasteiger partial charge in [-0.05, 0) is 63.1 Å². The van der Waals surface area contributed by atoms with E-state index in [1.54, 1.807) is 5.56 Å². The average Bonchev–Trinajstić information content (AvgIpc) is 2.95. The van der Waals surface area contributed by atoms with Gasteiger partial charge in [0.1, 0.15) is 0 Å². The maximum absolute atomic E-state index is 2.79. The van der Waals surface area contributed by atoms with E-state index in [0.29, 0.717) is 5.54 Å². The third-order valence-electron chi connectivity index (χ3n) is 5.12. The van der Waals surface area contributed by atoms with Gasteiger partial charge in [0.25, 0.3) is 0 Å². The summed E-state index contributed by atoms with van der Waals surface area (Å²) in [5.74, 6) is 0.921. The van der Waals surface area contributed by atoms with Gasteiger partial charge in [-0.3, -0.25) is 4.90 Å². The van der Waals surface area contributed by atoms with E-state index in [1.165, 1.54) is 51.6 Å². The van der Waals surface area contributed by atoms with Crippen LogP contribution in [-0.4, -0.2) is 18.0 Å². The van der Waals surface area contributed by atoms with Gasteiger partial charge >= 0.3 is 0 Å². The van der Waals surface area contributed by atoms with Gasteiger partial charge in [-0.25, -0.2) is 0 Å². The lowest BCUT2D eigenvalue weighted by Gasteiger charge is -2.46. The molecule has 1 aromatic rings.